The first-order valence-electron chi connectivity index (χ1n) is 7.91. The number of hydrogen-bond acceptors (Lipinski definition) is 2. The molecule has 0 spiro atoms. The maximum absolute atomic E-state index is 6.43. The molecule has 0 unspecified atom stereocenters. The van der Waals surface area contributed by atoms with Crippen LogP contribution in [0.3, 0.4) is 0 Å². The average Bonchev–Trinajstić information content (AvgIpc) is 2.57. The van der Waals surface area contributed by atoms with Crippen LogP contribution < -0.4 is 10.5 Å². The molecule has 2 aromatic carbocycles. The van der Waals surface area contributed by atoms with Crippen molar-refractivity contribution in [3.8, 4) is 11.5 Å². The first-order chi connectivity index (χ1) is 10.3. The van der Waals surface area contributed by atoms with E-state index in [2.05, 4.69) is 12.1 Å². The Morgan fingerprint density at radius 3 is 2.10 bits per heavy atom. The van der Waals surface area contributed by atoms with Crippen LogP contribution in [0.5, 0.6) is 11.5 Å². The summed E-state index contributed by atoms with van der Waals surface area (Å²) in [6.07, 6.45) is 6.56. The molecular formula is C19H23NO. The van der Waals surface area contributed by atoms with Gasteiger partial charge in [0.05, 0.1) is 0 Å². The fourth-order valence-corrected chi connectivity index (χ4v) is 3.15. The predicted octanol–water partition coefficient (Wildman–Crippen LogP) is 5.06. The van der Waals surface area contributed by atoms with E-state index in [4.69, 9.17) is 10.5 Å². The minimum atomic E-state index is 0.163. The van der Waals surface area contributed by atoms with Crippen LogP contribution >= 0.6 is 0 Å². The highest BCUT2D eigenvalue weighted by atomic mass is 16.5. The number of rotatable bonds is 4. The molecule has 2 nitrogen and oxygen atoms in total. The third kappa shape index (κ3) is 3.64. The second-order valence-electron chi connectivity index (χ2n) is 5.91. The van der Waals surface area contributed by atoms with E-state index >= 15 is 0 Å². The maximum atomic E-state index is 6.43. The van der Waals surface area contributed by atoms with E-state index in [0.717, 1.165) is 11.5 Å². The molecule has 1 fully saturated rings. The first-order valence-corrected chi connectivity index (χ1v) is 7.91. The summed E-state index contributed by atoms with van der Waals surface area (Å²) in [5, 5.41) is 0. The molecule has 0 bridgehead atoms. The van der Waals surface area contributed by atoms with Gasteiger partial charge in [-0.15, -0.1) is 0 Å². The molecule has 0 saturated heterocycles. The van der Waals surface area contributed by atoms with E-state index in [1.807, 2.05) is 42.5 Å². The summed E-state index contributed by atoms with van der Waals surface area (Å²) in [5.41, 5.74) is 7.66. The molecule has 2 aromatic rings. The second-order valence-corrected chi connectivity index (χ2v) is 5.91. The fourth-order valence-electron chi connectivity index (χ4n) is 3.15. The Morgan fingerprint density at radius 2 is 1.43 bits per heavy atom. The van der Waals surface area contributed by atoms with Crippen LogP contribution in [0, 0.1) is 5.92 Å². The third-order valence-corrected chi connectivity index (χ3v) is 4.40. The van der Waals surface area contributed by atoms with Gasteiger partial charge in [-0.05, 0) is 48.6 Å². The lowest BCUT2D eigenvalue weighted by atomic mass is 9.81. The molecule has 1 aliphatic rings. The molecule has 2 N–H and O–H groups in total. The molecular weight excluding hydrogens is 258 g/mol. The molecule has 21 heavy (non-hydrogen) atoms. The summed E-state index contributed by atoms with van der Waals surface area (Å²) in [7, 11) is 0. The lowest BCUT2D eigenvalue weighted by molar-refractivity contribution is 0.308. The molecule has 0 radical (unpaired) electrons. The normalized spacial score (nSPS) is 17.4. The number of hydrogen-bond donors (Lipinski definition) is 1. The van der Waals surface area contributed by atoms with Gasteiger partial charge < -0.3 is 10.5 Å². The summed E-state index contributed by atoms with van der Waals surface area (Å²) in [6.45, 7) is 0. The topological polar surface area (TPSA) is 35.2 Å². The fraction of sp³-hybridized carbons (Fsp3) is 0.368. The zero-order valence-corrected chi connectivity index (χ0v) is 12.4. The van der Waals surface area contributed by atoms with Crippen molar-refractivity contribution in [2.75, 3.05) is 0 Å². The summed E-state index contributed by atoms with van der Waals surface area (Å²) >= 11 is 0. The Balaban J connectivity index is 1.66. The molecule has 110 valence electrons. The van der Waals surface area contributed by atoms with Crippen molar-refractivity contribution >= 4 is 0 Å². The van der Waals surface area contributed by atoms with Gasteiger partial charge in [-0.2, -0.15) is 0 Å². The van der Waals surface area contributed by atoms with Gasteiger partial charge in [0.15, 0.2) is 0 Å². The minimum Gasteiger partial charge on any atom is -0.457 e. The smallest absolute Gasteiger partial charge is 0.127 e. The Hall–Kier alpha value is -1.80. The van der Waals surface area contributed by atoms with Gasteiger partial charge in [-0.25, -0.2) is 0 Å². The van der Waals surface area contributed by atoms with E-state index in [9.17, 15) is 0 Å². The van der Waals surface area contributed by atoms with Crippen LogP contribution in [0.25, 0.3) is 0 Å². The van der Waals surface area contributed by atoms with E-state index in [-0.39, 0.29) is 6.04 Å². The van der Waals surface area contributed by atoms with Crippen molar-refractivity contribution in [1.82, 2.24) is 0 Å². The average molecular weight is 281 g/mol. The number of nitrogens with two attached hydrogens (primary N) is 1. The quantitative estimate of drug-likeness (QED) is 0.850. The Morgan fingerprint density at radius 1 is 0.810 bits per heavy atom. The van der Waals surface area contributed by atoms with Crippen molar-refractivity contribution in [3.63, 3.8) is 0 Å². The lowest BCUT2D eigenvalue weighted by Crippen LogP contribution is -2.23. The Kier molecular flexibility index (Phi) is 4.56. The largest absolute Gasteiger partial charge is 0.457 e. The monoisotopic (exact) mass is 281 g/mol. The van der Waals surface area contributed by atoms with Crippen LogP contribution in [-0.4, -0.2) is 0 Å². The van der Waals surface area contributed by atoms with E-state index in [1.165, 1.54) is 37.7 Å². The minimum absolute atomic E-state index is 0.163. The van der Waals surface area contributed by atoms with E-state index < -0.39 is 0 Å². The third-order valence-electron chi connectivity index (χ3n) is 4.40. The summed E-state index contributed by atoms with van der Waals surface area (Å²) in [6, 6.07) is 18.3. The van der Waals surface area contributed by atoms with Crippen molar-refractivity contribution in [1.29, 1.82) is 0 Å². The molecule has 1 aliphatic carbocycles. The van der Waals surface area contributed by atoms with Crippen LogP contribution in [0.1, 0.15) is 43.7 Å². The lowest BCUT2D eigenvalue weighted by Gasteiger charge is -2.27. The Bertz CT molecular complexity index is 544. The highest BCUT2D eigenvalue weighted by molar-refractivity contribution is 5.34. The van der Waals surface area contributed by atoms with Crippen molar-refractivity contribution in [2.24, 2.45) is 11.7 Å². The second kappa shape index (κ2) is 6.77. The highest BCUT2D eigenvalue weighted by Crippen LogP contribution is 2.33. The van der Waals surface area contributed by atoms with Gasteiger partial charge in [-0.1, -0.05) is 49.6 Å². The van der Waals surface area contributed by atoms with E-state index in [1.54, 1.807) is 0 Å². The summed E-state index contributed by atoms with van der Waals surface area (Å²) < 4.78 is 5.82. The molecule has 2 heteroatoms. The Labute approximate surface area is 126 Å². The van der Waals surface area contributed by atoms with Crippen molar-refractivity contribution in [2.45, 2.75) is 38.1 Å². The molecule has 0 heterocycles. The molecule has 0 aliphatic heterocycles. The standard InChI is InChI=1S/C19H23NO/c20-19(15-7-3-1-4-8-15)16-11-13-18(14-12-16)21-17-9-5-2-6-10-17/h2,5-6,9-15,19H,1,3-4,7-8,20H2/t19-/m0/s1. The van der Waals surface area contributed by atoms with Gasteiger partial charge >= 0.3 is 0 Å². The van der Waals surface area contributed by atoms with Gasteiger partial charge in [0.2, 0.25) is 0 Å². The molecule has 3 rings (SSSR count). The zero-order valence-electron chi connectivity index (χ0n) is 12.4. The number of benzene rings is 2. The summed E-state index contributed by atoms with van der Waals surface area (Å²) in [5.74, 6) is 2.36. The van der Waals surface area contributed by atoms with Crippen LogP contribution in [0.2, 0.25) is 0 Å². The van der Waals surface area contributed by atoms with Gasteiger partial charge in [0, 0.05) is 6.04 Å². The highest BCUT2D eigenvalue weighted by Gasteiger charge is 2.21. The SMILES string of the molecule is N[C@H](c1ccc(Oc2ccccc2)cc1)C1CCCCC1. The summed E-state index contributed by atoms with van der Waals surface area (Å²) in [4.78, 5) is 0. The molecule has 0 amide bonds. The van der Waals surface area contributed by atoms with Gasteiger partial charge in [0.25, 0.3) is 0 Å². The van der Waals surface area contributed by atoms with Crippen LogP contribution in [0.15, 0.2) is 54.6 Å². The maximum Gasteiger partial charge on any atom is 0.127 e. The van der Waals surface area contributed by atoms with Crippen molar-refractivity contribution < 1.29 is 4.74 Å². The first kappa shape index (κ1) is 14.2. The van der Waals surface area contributed by atoms with Gasteiger partial charge in [-0.3, -0.25) is 0 Å². The van der Waals surface area contributed by atoms with Crippen LogP contribution in [-0.2, 0) is 0 Å². The van der Waals surface area contributed by atoms with E-state index in [0.29, 0.717) is 5.92 Å². The zero-order chi connectivity index (χ0) is 14.5. The molecule has 1 atom stereocenters. The van der Waals surface area contributed by atoms with Crippen molar-refractivity contribution in [3.05, 3.63) is 60.2 Å². The molecule has 1 saturated carbocycles. The predicted molar refractivity (Wildman–Crippen MR) is 86.5 cm³/mol. The number of para-hydroxylation sites is 1. The molecule has 0 aromatic heterocycles. The van der Waals surface area contributed by atoms with Gasteiger partial charge in [0.1, 0.15) is 11.5 Å². The van der Waals surface area contributed by atoms with Crippen LogP contribution in [0.4, 0.5) is 0 Å². The number of ether oxygens (including phenoxy) is 1.